The second kappa shape index (κ2) is 4.80. The zero-order valence-electron chi connectivity index (χ0n) is 12.3. The lowest BCUT2D eigenvalue weighted by Gasteiger charge is -2.36. The number of nitrogens with one attached hydrogen (secondary N) is 1. The molecule has 1 N–H and O–H groups in total. The molecule has 0 spiro atoms. The second-order valence-electron chi connectivity index (χ2n) is 7.29. The molecule has 0 unspecified atom stereocenters. The first kappa shape index (κ1) is 12.9. The van der Waals surface area contributed by atoms with Crippen molar-refractivity contribution >= 4 is 6.01 Å². The average molecular weight is 263 g/mol. The van der Waals surface area contributed by atoms with Gasteiger partial charge in [0, 0.05) is 12.0 Å². The van der Waals surface area contributed by atoms with E-state index in [1.54, 1.807) is 0 Å². The standard InChI is InChI=1S/C15H25N3O/c1-15(2,3)11-6-4-10(5-7-11)13-17-14(19-18-13)16-12-8-9-12/h10-12H,4-9H2,1-3H3,(H,16,17,18). The van der Waals surface area contributed by atoms with Crippen molar-refractivity contribution in [2.45, 2.75) is 71.3 Å². The molecule has 0 aliphatic heterocycles. The Kier molecular flexibility index (Phi) is 3.27. The molecule has 0 atom stereocenters. The topological polar surface area (TPSA) is 51.0 Å². The van der Waals surface area contributed by atoms with Crippen molar-refractivity contribution in [3.63, 3.8) is 0 Å². The van der Waals surface area contributed by atoms with Crippen LogP contribution in [0.3, 0.4) is 0 Å². The van der Waals surface area contributed by atoms with Gasteiger partial charge in [0.1, 0.15) is 0 Å². The van der Waals surface area contributed by atoms with Gasteiger partial charge < -0.3 is 9.84 Å². The minimum atomic E-state index is 0.431. The van der Waals surface area contributed by atoms with Crippen molar-refractivity contribution < 1.29 is 4.52 Å². The van der Waals surface area contributed by atoms with E-state index in [9.17, 15) is 0 Å². The minimum absolute atomic E-state index is 0.431. The molecule has 2 saturated carbocycles. The van der Waals surface area contributed by atoms with Gasteiger partial charge in [-0.15, -0.1) is 0 Å². The summed E-state index contributed by atoms with van der Waals surface area (Å²) in [6.45, 7) is 7.05. The molecule has 1 aromatic heterocycles. The zero-order chi connectivity index (χ0) is 13.5. The summed E-state index contributed by atoms with van der Waals surface area (Å²) in [4.78, 5) is 4.51. The first-order valence-electron chi connectivity index (χ1n) is 7.62. The van der Waals surface area contributed by atoms with Gasteiger partial charge >= 0.3 is 6.01 Å². The minimum Gasteiger partial charge on any atom is -0.335 e. The summed E-state index contributed by atoms with van der Waals surface area (Å²) in [5.74, 6) is 2.24. The molecule has 2 aliphatic rings. The van der Waals surface area contributed by atoms with Gasteiger partial charge in [-0.05, 0) is 49.9 Å². The molecule has 1 aromatic rings. The van der Waals surface area contributed by atoms with Gasteiger partial charge in [0.15, 0.2) is 5.82 Å². The summed E-state index contributed by atoms with van der Waals surface area (Å²) >= 11 is 0. The Hall–Kier alpha value is -1.06. The van der Waals surface area contributed by atoms with Crippen LogP contribution >= 0.6 is 0 Å². The monoisotopic (exact) mass is 263 g/mol. The van der Waals surface area contributed by atoms with Gasteiger partial charge in [-0.3, -0.25) is 0 Å². The van der Waals surface area contributed by atoms with Crippen LogP contribution in [0.25, 0.3) is 0 Å². The lowest BCUT2D eigenvalue weighted by molar-refractivity contribution is 0.166. The van der Waals surface area contributed by atoms with Crippen LogP contribution in [0, 0.1) is 11.3 Å². The van der Waals surface area contributed by atoms with Crippen LogP contribution in [0.5, 0.6) is 0 Å². The van der Waals surface area contributed by atoms with Crippen molar-refractivity contribution in [3.05, 3.63) is 5.82 Å². The van der Waals surface area contributed by atoms with Crippen LogP contribution in [-0.4, -0.2) is 16.2 Å². The predicted molar refractivity (Wildman–Crippen MR) is 75.1 cm³/mol. The van der Waals surface area contributed by atoms with Crippen molar-refractivity contribution in [2.24, 2.45) is 11.3 Å². The number of nitrogens with zero attached hydrogens (tertiary/aromatic N) is 2. The Balaban J connectivity index is 1.57. The maximum Gasteiger partial charge on any atom is 0.321 e. The third kappa shape index (κ3) is 3.10. The van der Waals surface area contributed by atoms with E-state index < -0.39 is 0 Å². The number of hydrogen-bond donors (Lipinski definition) is 1. The SMILES string of the molecule is CC(C)(C)C1CCC(c2noc(NC3CC3)n2)CC1. The van der Waals surface area contributed by atoms with E-state index in [0.717, 1.165) is 11.7 Å². The van der Waals surface area contributed by atoms with Crippen LogP contribution in [0.2, 0.25) is 0 Å². The summed E-state index contributed by atoms with van der Waals surface area (Å²) in [5, 5.41) is 7.43. The third-order valence-electron chi connectivity index (χ3n) is 4.66. The first-order chi connectivity index (χ1) is 9.02. The first-order valence-corrected chi connectivity index (χ1v) is 7.62. The zero-order valence-corrected chi connectivity index (χ0v) is 12.3. The van der Waals surface area contributed by atoms with E-state index in [-0.39, 0.29) is 0 Å². The maximum absolute atomic E-state index is 5.29. The molecule has 4 nitrogen and oxygen atoms in total. The van der Waals surface area contributed by atoms with Crippen molar-refractivity contribution in [2.75, 3.05) is 5.32 Å². The molecule has 0 radical (unpaired) electrons. The second-order valence-corrected chi connectivity index (χ2v) is 7.29. The Morgan fingerprint density at radius 2 is 1.74 bits per heavy atom. The molecule has 19 heavy (non-hydrogen) atoms. The summed E-state index contributed by atoms with van der Waals surface area (Å²) in [5.41, 5.74) is 0.431. The summed E-state index contributed by atoms with van der Waals surface area (Å²) in [6, 6.07) is 1.19. The molecule has 2 fully saturated rings. The fourth-order valence-electron chi connectivity index (χ4n) is 3.08. The summed E-state index contributed by atoms with van der Waals surface area (Å²) < 4.78 is 5.29. The van der Waals surface area contributed by atoms with Gasteiger partial charge in [-0.25, -0.2) is 0 Å². The van der Waals surface area contributed by atoms with E-state index in [0.29, 0.717) is 23.4 Å². The molecule has 1 heterocycles. The highest BCUT2D eigenvalue weighted by Crippen LogP contribution is 2.42. The van der Waals surface area contributed by atoms with Crippen LogP contribution < -0.4 is 5.32 Å². The van der Waals surface area contributed by atoms with Gasteiger partial charge in [0.25, 0.3) is 0 Å². The Bertz CT molecular complexity index is 423. The third-order valence-corrected chi connectivity index (χ3v) is 4.66. The summed E-state index contributed by atoms with van der Waals surface area (Å²) in [7, 11) is 0. The number of aromatic nitrogens is 2. The lowest BCUT2D eigenvalue weighted by Crippen LogP contribution is -2.25. The summed E-state index contributed by atoms with van der Waals surface area (Å²) in [6.07, 6.45) is 7.43. The normalized spacial score (nSPS) is 28.4. The molecule has 2 aliphatic carbocycles. The Morgan fingerprint density at radius 1 is 1.05 bits per heavy atom. The van der Waals surface area contributed by atoms with Gasteiger partial charge in [-0.1, -0.05) is 25.9 Å². The maximum atomic E-state index is 5.29. The fraction of sp³-hybridized carbons (Fsp3) is 0.867. The molecule has 106 valence electrons. The van der Waals surface area contributed by atoms with Crippen molar-refractivity contribution in [3.8, 4) is 0 Å². The molecule has 0 saturated heterocycles. The largest absolute Gasteiger partial charge is 0.335 e. The van der Waals surface area contributed by atoms with Crippen LogP contribution in [0.4, 0.5) is 6.01 Å². The number of rotatable bonds is 3. The predicted octanol–water partition coefficient (Wildman–Crippen LogP) is 3.96. The Morgan fingerprint density at radius 3 is 2.32 bits per heavy atom. The van der Waals surface area contributed by atoms with E-state index in [2.05, 4.69) is 36.2 Å². The smallest absolute Gasteiger partial charge is 0.321 e. The molecule has 0 bridgehead atoms. The molecule has 4 heteroatoms. The van der Waals surface area contributed by atoms with Crippen LogP contribution in [0.1, 0.15) is 71.0 Å². The van der Waals surface area contributed by atoms with E-state index in [1.165, 1.54) is 38.5 Å². The van der Waals surface area contributed by atoms with E-state index in [1.807, 2.05) is 0 Å². The quantitative estimate of drug-likeness (QED) is 0.896. The van der Waals surface area contributed by atoms with Gasteiger partial charge in [-0.2, -0.15) is 4.98 Å². The Labute approximate surface area is 115 Å². The van der Waals surface area contributed by atoms with E-state index in [4.69, 9.17) is 4.52 Å². The molecule has 3 rings (SSSR count). The number of hydrogen-bond acceptors (Lipinski definition) is 4. The van der Waals surface area contributed by atoms with Crippen LogP contribution in [-0.2, 0) is 0 Å². The van der Waals surface area contributed by atoms with Crippen molar-refractivity contribution in [1.29, 1.82) is 0 Å². The molecular formula is C15H25N3O. The highest BCUT2D eigenvalue weighted by Gasteiger charge is 2.32. The molecule has 0 aromatic carbocycles. The molecular weight excluding hydrogens is 238 g/mol. The fourth-order valence-corrected chi connectivity index (χ4v) is 3.08. The van der Waals surface area contributed by atoms with Crippen LogP contribution in [0.15, 0.2) is 4.52 Å². The molecule has 0 amide bonds. The van der Waals surface area contributed by atoms with Gasteiger partial charge in [0.05, 0.1) is 0 Å². The van der Waals surface area contributed by atoms with Crippen molar-refractivity contribution in [1.82, 2.24) is 10.1 Å². The van der Waals surface area contributed by atoms with E-state index >= 15 is 0 Å². The average Bonchev–Trinajstić information content (AvgIpc) is 3.04. The van der Waals surface area contributed by atoms with Gasteiger partial charge in [0.2, 0.25) is 0 Å². The lowest BCUT2D eigenvalue weighted by atomic mass is 9.70. The number of anilines is 1. The highest BCUT2D eigenvalue weighted by molar-refractivity contribution is 5.24. The highest BCUT2D eigenvalue weighted by atomic mass is 16.5.